The van der Waals surface area contributed by atoms with E-state index in [2.05, 4.69) is 10.2 Å². The number of hydrogen-bond acceptors (Lipinski definition) is 5. The summed E-state index contributed by atoms with van der Waals surface area (Å²) >= 11 is 5.88. The first-order chi connectivity index (χ1) is 12.5. The summed E-state index contributed by atoms with van der Waals surface area (Å²) in [5, 5.41) is 8.68. The van der Waals surface area contributed by atoms with E-state index in [-0.39, 0.29) is 10.8 Å². The van der Waals surface area contributed by atoms with E-state index in [0.717, 1.165) is 5.56 Å². The lowest BCUT2D eigenvalue weighted by molar-refractivity contribution is 0.445. The highest BCUT2D eigenvalue weighted by molar-refractivity contribution is 7.89. The third-order valence-electron chi connectivity index (χ3n) is 3.94. The van der Waals surface area contributed by atoms with Gasteiger partial charge in [-0.2, -0.15) is 4.31 Å². The van der Waals surface area contributed by atoms with Crippen molar-refractivity contribution in [3.05, 3.63) is 53.6 Å². The Hall–Kier alpha value is -2.22. The van der Waals surface area contributed by atoms with Gasteiger partial charge in [0.25, 0.3) is 0 Å². The molecule has 8 heteroatoms. The molecule has 3 rings (SSSR count). The predicted octanol–water partition coefficient (Wildman–Crippen LogP) is 4.09. The monoisotopic (exact) mass is 391 g/mol. The Balaban J connectivity index is 1.95. The molecule has 3 aromatic rings. The molecule has 0 amide bonds. The van der Waals surface area contributed by atoms with Crippen molar-refractivity contribution in [2.75, 3.05) is 13.1 Å². The molecule has 0 aliphatic rings. The number of sulfonamides is 1. The van der Waals surface area contributed by atoms with Crippen molar-refractivity contribution in [2.24, 2.45) is 0 Å². The molecule has 2 aromatic carbocycles. The number of rotatable bonds is 6. The first kappa shape index (κ1) is 18.6. The van der Waals surface area contributed by atoms with E-state index in [9.17, 15) is 8.42 Å². The molecule has 136 valence electrons. The SMILES string of the molecule is CCN(CC)S(=O)(=O)c1cccc(-c2nnc(-c3ccc(Cl)cc3)o2)c1. The molecule has 0 atom stereocenters. The van der Waals surface area contributed by atoms with E-state index >= 15 is 0 Å². The summed E-state index contributed by atoms with van der Waals surface area (Å²) in [6.07, 6.45) is 0. The highest BCUT2D eigenvalue weighted by Gasteiger charge is 2.22. The van der Waals surface area contributed by atoms with Crippen molar-refractivity contribution < 1.29 is 12.8 Å². The number of hydrogen-bond donors (Lipinski definition) is 0. The van der Waals surface area contributed by atoms with Crippen molar-refractivity contribution in [1.82, 2.24) is 14.5 Å². The molecule has 0 saturated heterocycles. The first-order valence-electron chi connectivity index (χ1n) is 8.15. The smallest absolute Gasteiger partial charge is 0.248 e. The van der Waals surface area contributed by atoms with E-state index in [1.54, 1.807) is 62.4 Å². The Bertz CT molecular complexity index is 997. The summed E-state index contributed by atoms with van der Waals surface area (Å²) in [7, 11) is -3.55. The van der Waals surface area contributed by atoms with Crippen molar-refractivity contribution in [1.29, 1.82) is 0 Å². The van der Waals surface area contributed by atoms with Gasteiger partial charge in [0.2, 0.25) is 21.8 Å². The van der Waals surface area contributed by atoms with Crippen LogP contribution in [0, 0.1) is 0 Å². The van der Waals surface area contributed by atoms with Gasteiger partial charge in [-0.05, 0) is 42.5 Å². The van der Waals surface area contributed by atoms with E-state index in [1.165, 1.54) is 4.31 Å². The van der Waals surface area contributed by atoms with Crippen LogP contribution in [0.25, 0.3) is 22.9 Å². The van der Waals surface area contributed by atoms with Crippen LogP contribution in [0.15, 0.2) is 57.8 Å². The number of benzene rings is 2. The topological polar surface area (TPSA) is 76.3 Å². The zero-order valence-corrected chi connectivity index (χ0v) is 16.0. The fraction of sp³-hybridized carbons (Fsp3) is 0.222. The molecule has 0 radical (unpaired) electrons. The molecule has 0 bridgehead atoms. The van der Waals surface area contributed by atoms with Crippen LogP contribution in [-0.2, 0) is 10.0 Å². The molecule has 1 aromatic heterocycles. The Morgan fingerprint density at radius 1 is 0.962 bits per heavy atom. The molecule has 0 fully saturated rings. The highest BCUT2D eigenvalue weighted by Crippen LogP contribution is 2.27. The standard InChI is InChI=1S/C18H18ClN3O3S/c1-3-22(4-2)26(23,24)16-7-5-6-14(12-16)18-21-20-17(25-18)13-8-10-15(19)11-9-13/h5-12H,3-4H2,1-2H3. The van der Waals surface area contributed by atoms with Crippen molar-refractivity contribution in [3.63, 3.8) is 0 Å². The van der Waals surface area contributed by atoms with Crippen LogP contribution in [0.1, 0.15) is 13.8 Å². The second-order valence-corrected chi connectivity index (χ2v) is 7.91. The predicted molar refractivity (Wildman–Crippen MR) is 100 cm³/mol. The summed E-state index contributed by atoms with van der Waals surface area (Å²) in [4.78, 5) is 0.199. The lowest BCUT2D eigenvalue weighted by atomic mass is 10.2. The summed E-state index contributed by atoms with van der Waals surface area (Å²) in [6, 6.07) is 13.5. The molecule has 0 unspecified atom stereocenters. The number of halogens is 1. The summed E-state index contributed by atoms with van der Waals surface area (Å²) < 4.78 is 32.5. The zero-order chi connectivity index (χ0) is 18.7. The lowest BCUT2D eigenvalue weighted by Gasteiger charge is -2.18. The van der Waals surface area contributed by atoms with Crippen LogP contribution >= 0.6 is 11.6 Å². The van der Waals surface area contributed by atoms with Gasteiger partial charge >= 0.3 is 0 Å². The van der Waals surface area contributed by atoms with E-state index in [0.29, 0.717) is 29.6 Å². The molecule has 0 saturated carbocycles. The lowest BCUT2D eigenvalue weighted by Crippen LogP contribution is -2.30. The fourth-order valence-electron chi connectivity index (χ4n) is 2.55. The van der Waals surface area contributed by atoms with Crippen LogP contribution in [0.5, 0.6) is 0 Å². The maximum atomic E-state index is 12.7. The minimum atomic E-state index is -3.55. The first-order valence-corrected chi connectivity index (χ1v) is 9.97. The Morgan fingerprint density at radius 3 is 2.19 bits per heavy atom. The molecule has 6 nitrogen and oxygen atoms in total. The van der Waals surface area contributed by atoms with Gasteiger partial charge < -0.3 is 4.42 Å². The van der Waals surface area contributed by atoms with Crippen LogP contribution in [0.2, 0.25) is 5.02 Å². The second-order valence-electron chi connectivity index (χ2n) is 5.54. The molecule has 0 N–H and O–H groups in total. The molecule has 0 spiro atoms. The maximum Gasteiger partial charge on any atom is 0.248 e. The van der Waals surface area contributed by atoms with Crippen molar-refractivity contribution in [2.45, 2.75) is 18.7 Å². The van der Waals surface area contributed by atoms with E-state index in [4.69, 9.17) is 16.0 Å². The average Bonchev–Trinajstić information content (AvgIpc) is 3.13. The highest BCUT2D eigenvalue weighted by atomic mass is 35.5. The van der Waals surface area contributed by atoms with Crippen LogP contribution in [0.3, 0.4) is 0 Å². The Morgan fingerprint density at radius 2 is 1.58 bits per heavy atom. The Labute approximate surface area is 157 Å². The number of nitrogens with zero attached hydrogens (tertiary/aromatic N) is 3. The van der Waals surface area contributed by atoms with Gasteiger partial charge in [-0.1, -0.05) is 31.5 Å². The minimum Gasteiger partial charge on any atom is -0.416 e. The van der Waals surface area contributed by atoms with Gasteiger partial charge in [0.1, 0.15) is 0 Å². The molecule has 26 heavy (non-hydrogen) atoms. The third kappa shape index (κ3) is 3.65. The quantitative estimate of drug-likeness (QED) is 0.632. The molecule has 0 aliphatic heterocycles. The molecular weight excluding hydrogens is 374 g/mol. The number of aromatic nitrogens is 2. The Kier molecular flexibility index (Phi) is 5.41. The molecule has 0 aliphatic carbocycles. The van der Waals surface area contributed by atoms with Crippen LogP contribution in [-0.4, -0.2) is 36.0 Å². The van der Waals surface area contributed by atoms with Crippen molar-refractivity contribution in [3.8, 4) is 22.9 Å². The van der Waals surface area contributed by atoms with Crippen LogP contribution < -0.4 is 0 Å². The third-order valence-corrected chi connectivity index (χ3v) is 6.24. The van der Waals surface area contributed by atoms with Gasteiger partial charge in [-0.3, -0.25) is 0 Å². The normalized spacial score (nSPS) is 11.8. The summed E-state index contributed by atoms with van der Waals surface area (Å²) in [5.74, 6) is 0.597. The maximum absolute atomic E-state index is 12.7. The molecule has 1 heterocycles. The summed E-state index contributed by atoms with van der Waals surface area (Å²) in [6.45, 7) is 4.43. The fourth-order valence-corrected chi connectivity index (χ4v) is 4.18. The van der Waals surface area contributed by atoms with Gasteiger partial charge in [0.05, 0.1) is 4.90 Å². The van der Waals surface area contributed by atoms with Gasteiger partial charge in [-0.25, -0.2) is 8.42 Å². The van der Waals surface area contributed by atoms with E-state index in [1.807, 2.05) is 0 Å². The second kappa shape index (κ2) is 7.57. The summed E-state index contributed by atoms with van der Waals surface area (Å²) in [5.41, 5.74) is 1.28. The minimum absolute atomic E-state index is 0.199. The van der Waals surface area contributed by atoms with Crippen molar-refractivity contribution >= 4 is 21.6 Å². The van der Waals surface area contributed by atoms with E-state index < -0.39 is 10.0 Å². The average molecular weight is 392 g/mol. The largest absolute Gasteiger partial charge is 0.416 e. The zero-order valence-electron chi connectivity index (χ0n) is 14.4. The van der Waals surface area contributed by atoms with Gasteiger partial charge in [-0.15, -0.1) is 10.2 Å². The van der Waals surface area contributed by atoms with Gasteiger partial charge in [0, 0.05) is 29.2 Å². The molecular formula is C18H18ClN3O3S. The van der Waals surface area contributed by atoms with Crippen LogP contribution in [0.4, 0.5) is 0 Å². The van der Waals surface area contributed by atoms with Gasteiger partial charge in [0.15, 0.2) is 0 Å².